The lowest BCUT2D eigenvalue weighted by Crippen LogP contribution is -2.47. The highest BCUT2D eigenvalue weighted by molar-refractivity contribution is 5.78. The van der Waals surface area contributed by atoms with Gasteiger partial charge in [0.05, 0.1) is 6.61 Å². The molecule has 26 heavy (non-hydrogen) atoms. The molecular formula is C20H30N2O4. The van der Waals surface area contributed by atoms with Gasteiger partial charge in [-0.15, -0.1) is 0 Å². The van der Waals surface area contributed by atoms with E-state index in [1.807, 2.05) is 24.3 Å². The first-order valence-corrected chi connectivity index (χ1v) is 9.24. The van der Waals surface area contributed by atoms with Gasteiger partial charge in [-0.2, -0.15) is 0 Å². The standard InChI is InChI=1S/C20H30N2O4/c1-5-25-19(24)22-12-10-15(11-13-22)21-18(23)14-26-17-9-7-6-8-16(17)20(2,3)4/h6-9,15H,5,10-14H2,1-4H3,(H,21,23). The van der Waals surface area contributed by atoms with E-state index in [9.17, 15) is 9.59 Å². The van der Waals surface area contributed by atoms with E-state index >= 15 is 0 Å². The van der Waals surface area contributed by atoms with Gasteiger partial charge in [-0.3, -0.25) is 4.79 Å². The number of hydrogen-bond acceptors (Lipinski definition) is 4. The average Bonchev–Trinajstić information content (AvgIpc) is 2.60. The van der Waals surface area contributed by atoms with Crippen LogP contribution in [0, 0.1) is 0 Å². The zero-order chi connectivity index (χ0) is 19.2. The number of nitrogens with zero attached hydrogens (tertiary/aromatic N) is 1. The van der Waals surface area contributed by atoms with Gasteiger partial charge < -0.3 is 19.7 Å². The van der Waals surface area contributed by atoms with Gasteiger partial charge >= 0.3 is 6.09 Å². The molecule has 0 aromatic heterocycles. The number of para-hydroxylation sites is 1. The molecular weight excluding hydrogens is 332 g/mol. The molecule has 0 spiro atoms. The lowest BCUT2D eigenvalue weighted by atomic mass is 9.86. The first-order chi connectivity index (χ1) is 12.3. The molecule has 1 aromatic carbocycles. The van der Waals surface area contributed by atoms with E-state index in [0.717, 1.165) is 24.2 Å². The Balaban J connectivity index is 1.80. The summed E-state index contributed by atoms with van der Waals surface area (Å²) in [5, 5.41) is 3.00. The highest BCUT2D eigenvalue weighted by Crippen LogP contribution is 2.30. The van der Waals surface area contributed by atoms with Crippen LogP contribution < -0.4 is 10.1 Å². The second-order valence-electron chi connectivity index (χ2n) is 7.56. The summed E-state index contributed by atoms with van der Waals surface area (Å²) in [5.74, 6) is 0.607. The number of benzene rings is 1. The summed E-state index contributed by atoms with van der Waals surface area (Å²) in [6, 6.07) is 7.87. The van der Waals surface area contributed by atoms with Crippen molar-refractivity contribution in [1.29, 1.82) is 0 Å². The summed E-state index contributed by atoms with van der Waals surface area (Å²) in [5.41, 5.74) is 1.03. The maximum Gasteiger partial charge on any atom is 0.409 e. The maximum atomic E-state index is 12.2. The van der Waals surface area contributed by atoms with Crippen LogP contribution in [0.5, 0.6) is 5.75 Å². The molecule has 1 fully saturated rings. The fourth-order valence-electron chi connectivity index (χ4n) is 3.05. The third-order valence-electron chi connectivity index (χ3n) is 4.44. The van der Waals surface area contributed by atoms with Crippen molar-refractivity contribution in [3.05, 3.63) is 29.8 Å². The number of hydrogen-bond donors (Lipinski definition) is 1. The Kier molecular flexibility index (Phi) is 6.89. The molecule has 1 aliphatic heterocycles. The summed E-state index contributed by atoms with van der Waals surface area (Å²) in [6.45, 7) is 9.71. The lowest BCUT2D eigenvalue weighted by Gasteiger charge is -2.31. The molecule has 0 bridgehead atoms. The SMILES string of the molecule is CCOC(=O)N1CCC(NC(=O)COc2ccccc2C(C)(C)C)CC1. The Hall–Kier alpha value is -2.24. The Morgan fingerprint density at radius 1 is 1.19 bits per heavy atom. The number of carbonyl (C=O) groups excluding carboxylic acids is 2. The first-order valence-electron chi connectivity index (χ1n) is 9.24. The largest absolute Gasteiger partial charge is 0.483 e. The fraction of sp³-hybridized carbons (Fsp3) is 0.600. The van der Waals surface area contributed by atoms with E-state index in [1.54, 1.807) is 11.8 Å². The van der Waals surface area contributed by atoms with Crippen LogP contribution >= 0.6 is 0 Å². The zero-order valence-electron chi connectivity index (χ0n) is 16.2. The number of carbonyl (C=O) groups is 2. The van der Waals surface area contributed by atoms with Crippen LogP contribution in [0.3, 0.4) is 0 Å². The van der Waals surface area contributed by atoms with Gasteiger partial charge in [-0.25, -0.2) is 4.79 Å². The predicted octanol–water partition coefficient (Wildman–Crippen LogP) is 3.10. The Morgan fingerprint density at radius 2 is 1.85 bits per heavy atom. The molecule has 1 aliphatic rings. The predicted molar refractivity (Wildman–Crippen MR) is 100 cm³/mol. The third kappa shape index (κ3) is 5.64. The summed E-state index contributed by atoms with van der Waals surface area (Å²) >= 11 is 0. The summed E-state index contributed by atoms with van der Waals surface area (Å²) in [6.07, 6.45) is 1.17. The molecule has 0 radical (unpaired) electrons. The number of ether oxygens (including phenoxy) is 2. The molecule has 144 valence electrons. The Bertz CT molecular complexity index is 616. The second kappa shape index (κ2) is 8.92. The zero-order valence-corrected chi connectivity index (χ0v) is 16.2. The molecule has 1 aromatic rings. The summed E-state index contributed by atoms with van der Waals surface area (Å²) in [7, 11) is 0. The highest BCUT2D eigenvalue weighted by atomic mass is 16.6. The first kappa shape index (κ1) is 20.1. The van der Waals surface area contributed by atoms with E-state index in [0.29, 0.717) is 19.7 Å². The third-order valence-corrected chi connectivity index (χ3v) is 4.44. The smallest absolute Gasteiger partial charge is 0.409 e. The van der Waals surface area contributed by atoms with Gasteiger partial charge in [0, 0.05) is 19.1 Å². The van der Waals surface area contributed by atoms with Gasteiger partial charge in [0.25, 0.3) is 5.91 Å². The van der Waals surface area contributed by atoms with E-state index in [4.69, 9.17) is 9.47 Å². The van der Waals surface area contributed by atoms with Crippen LogP contribution in [0.4, 0.5) is 4.79 Å². The quantitative estimate of drug-likeness (QED) is 0.874. The second-order valence-corrected chi connectivity index (χ2v) is 7.56. The molecule has 0 aliphatic carbocycles. The number of piperidine rings is 1. The Morgan fingerprint density at radius 3 is 2.46 bits per heavy atom. The van der Waals surface area contributed by atoms with Crippen molar-refractivity contribution in [3.8, 4) is 5.75 Å². The molecule has 2 rings (SSSR count). The van der Waals surface area contributed by atoms with Crippen LogP contribution in [-0.2, 0) is 14.9 Å². The van der Waals surface area contributed by atoms with Gasteiger partial charge in [-0.1, -0.05) is 39.0 Å². The van der Waals surface area contributed by atoms with Gasteiger partial charge in [-0.05, 0) is 36.8 Å². The van der Waals surface area contributed by atoms with E-state index in [2.05, 4.69) is 26.1 Å². The average molecular weight is 362 g/mol. The van der Waals surface area contributed by atoms with Gasteiger partial charge in [0.15, 0.2) is 6.61 Å². The minimum absolute atomic E-state index is 0.00875. The van der Waals surface area contributed by atoms with Crippen molar-refractivity contribution < 1.29 is 19.1 Å². The molecule has 6 nitrogen and oxygen atoms in total. The lowest BCUT2D eigenvalue weighted by molar-refractivity contribution is -0.124. The Labute approximate surface area is 155 Å². The molecule has 1 saturated heterocycles. The monoisotopic (exact) mass is 362 g/mol. The van der Waals surface area contributed by atoms with Crippen molar-refractivity contribution in [1.82, 2.24) is 10.2 Å². The normalized spacial score (nSPS) is 15.5. The number of likely N-dealkylation sites (tertiary alicyclic amines) is 1. The van der Waals surface area contributed by atoms with Crippen molar-refractivity contribution in [2.24, 2.45) is 0 Å². The number of nitrogens with one attached hydrogen (secondary N) is 1. The van der Waals surface area contributed by atoms with E-state index < -0.39 is 0 Å². The van der Waals surface area contributed by atoms with E-state index in [1.165, 1.54) is 0 Å². The molecule has 6 heteroatoms. The summed E-state index contributed by atoms with van der Waals surface area (Å²) < 4.78 is 10.8. The molecule has 0 unspecified atom stereocenters. The summed E-state index contributed by atoms with van der Waals surface area (Å²) in [4.78, 5) is 25.6. The van der Waals surface area contributed by atoms with Gasteiger partial charge in [0.1, 0.15) is 5.75 Å². The van der Waals surface area contributed by atoms with Crippen molar-refractivity contribution in [2.75, 3.05) is 26.3 Å². The van der Waals surface area contributed by atoms with Crippen LogP contribution in [0.1, 0.15) is 46.1 Å². The molecule has 1 N–H and O–H groups in total. The van der Waals surface area contributed by atoms with Crippen LogP contribution in [0.15, 0.2) is 24.3 Å². The van der Waals surface area contributed by atoms with Gasteiger partial charge in [0.2, 0.25) is 0 Å². The molecule has 0 saturated carbocycles. The molecule has 2 amide bonds. The van der Waals surface area contributed by atoms with Crippen molar-refractivity contribution in [3.63, 3.8) is 0 Å². The maximum absolute atomic E-state index is 12.2. The van der Waals surface area contributed by atoms with Crippen LogP contribution in [-0.4, -0.2) is 49.2 Å². The number of amides is 2. The number of rotatable bonds is 5. The fourth-order valence-corrected chi connectivity index (χ4v) is 3.05. The van der Waals surface area contributed by atoms with Crippen molar-refractivity contribution >= 4 is 12.0 Å². The topological polar surface area (TPSA) is 67.9 Å². The highest BCUT2D eigenvalue weighted by Gasteiger charge is 2.25. The molecule has 1 heterocycles. The minimum atomic E-state index is -0.278. The molecule has 0 atom stereocenters. The van der Waals surface area contributed by atoms with Crippen molar-refractivity contribution in [2.45, 2.75) is 52.0 Å². The van der Waals surface area contributed by atoms with E-state index in [-0.39, 0.29) is 30.1 Å². The van der Waals surface area contributed by atoms with Crippen LogP contribution in [0.25, 0.3) is 0 Å². The van der Waals surface area contributed by atoms with Crippen LogP contribution in [0.2, 0.25) is 0 Å². The minimum Gasteiger partial charge on any atom is -0.483 e.